The predicted molar refractivity (Wildman–Crippen MR) is 43.0 cm³/mol. The Hall–Kier alpha value is -0.440. The fourth-order valence-electron chi connectivity index (χ4n) is 0.640. The lowest BCUT2D eigenvalue weighted by Gasteiger charge is -2.00. The van der Waals surface area contributed by atoms with Crippen molar-refractivity contribution in [3.05, 3.63) is 28.2 Å². The van der Waals surface area contributed by atoms with Crippen molar-refractivity contribution < 1.29 is 5.84 Å². The highest BCUT2D eigenvalue weighted by Gasteiger charge is 2.01. The number of hydrogen-bond acceptors (Lipinski definition) is 1. The van der Waals surface area contributed by atoms with E-state index in [0.717, 1.165) is 5.69 Å². The lowest BCUT2D eigenvalue weighted by atomic mass is 10.3. The molecule has 4 N–H and O–H groups in total. The summed E-state index contributed by atoms with van der Waals surface area (Å²) in [5, 5.41) is 1.05. The van der Waals surface area contributed by atoms with E-state index in [2.05, 4.69) is 11.3 Å². The fraction of sp³-hybridized carbons (Fsp3) is 0. The first kappa shape index (κ1) is 7.66. The first-order chi connectivity index (χ1) is 4.75. The van der Waals surface area contributed by atoms with Crippen molar-refractivity contribution in [3.8, 4) is 0 Å². The highest BCUT2D eigenvalue weighted by Crippen LogP contribution is 2.28. The highest BCUT2D eigenvalue weighted by molar-refractivity contribution is 6.43. The molecule has 0 heterocycles. The van der Waals surface area contributed by atoms with E-state index in [0.29, 0.717) is 10.0 Å². The van der Waals surface area contributed by atoms with Crippen molar-refractivity contribution in [1.29, 1.82) is 0 Å². The number of halogens is 2. The smallest absolute Gasteiger partial charge is 0.105 e. The van der Waals surface area contributed by atoms with Gasteiger partial charge in [-0.25, -0.2) is 5.43 Å². The molecule has 1 rings (SSSR count). The molecule has 2 nitrogen and oxygen atoms in total. The minimum absolute atomic E-state index is 0.513. The molecule has 1 aromatic rings. The van der Waals surface area contributed by atoms with Crippen molar-refractivity contribution >= 4 is 28.9 Å². The van der Waals surface area contributed by atoms with Crippen molar-refractivity contribution in [3.63, 3.8) is 0 Å². The van der Waals surface area contributed by atoms with Gasteiger partial charge in [0.15, 0.2) is 0 Å². The highest BCUT2D eigenvalue weighted by atomic mass is 35.5. The Kier molecular flexibility index (Phi) is 2.38. The maximum Gasteiger partial charge on any atom is 0.105 e. The second kappa shape index (κ2) is 3.10. The number of rotatable bonds is 1. The molecule has 0 atom stereocenters. The van der Waals surface area contributed by atoms with Gasteiger partial charge >= 0.3 is 0 Å². The molecule has 0 aliphatic rings. The summed E-state index contributed by atoms with van der Waals surface area (Å²) in [7, 11) is 0. The zero-order chi connectivity index (χ0) is 7.56. The van der Waals surface area contributed by atoms with Gasteiger partial charge in [0, 0.05) is 0 Å². The van der Waals surface area contributed by atoms with Gasteiger partial charge in [-0.1, -0.05) is 29.3 Å². The summed E-state index contributed by atoms with van der Waals surface area (Å²) in [6, 6.07) is 5.34. The number of anilines is 1. The first-order valence-electron chi connectivity index (χ1n) is 2.73. The van der Waals surface area contributed by atoms with Crippen LogP contribution in [0.25, 0.3) is 0 Å². The SMILES string of the molecule is [NH3+]Nc1cccc(Cl)c1Cl. The molecular formula is C6H7Cl2N2+. The molecule has 0 unspecified atom stereocenters. The van der Waals surface area contributed by atoms with E-state index >= 15 is 0 Å². The number of benzene rings is 1. The molecule has 0 saturated heterocycles. The summed E-state index contributed by atoms with van der Waals surface area (Å²) in [5.41, 5.74) is 3.41. The average molecular weight is 178 g/mol. The average Bonchev–Trinajstić information content (AvgIpc) is 1.95. The molecule has 1 aromatic carbocycles. The van der Waals surface area contributed by atoms with Gasteiger partial charge in [0.25, 0.3) is 0 Å². The number of hydrogen-bond donors (Lipinski definition) is 2. The summed E-state index contributed by atoms with van der Waals surface area (Å²) in [5.74, 6) is 3.46. The van der Waals surface area contributed by atoms with Crippen molar-refractivity contribution in [2.24, 2.45) is 0 Å². The Morgan fingerprint density at radius 2 is 2.00 bits per heavy atom. The van der Waals surface area contributed by atoms with Crippen LogP contribution in [0.4, 0.5) is 5.69 Å². The fourth-order valence-corrected chi connectivity index (χ4v) is 1.01. The van der Waals surface area contributed by atoms with Crippen LogP contribution < -0.4 is 11.3 Å². The topological polar surface area (TPSA) is 39.7 Å². The second-order valence-corrected chi connectivity index (χ2v) is 2.56. The van der Waals surface area contributed by atoms with Crippen LogP contribution in [0, 0.1) is 0 Å². The van der Waals surface area contributed by atoms with Gasteiger partial charge in [0.2, 0.25) is 0 Å². The lowest BCUT2D eigenvalue weighted by molar-refractivity contribution is -0.325. The molecule has 10 heavy (non-hydrogen) atoms. The van der Waals surface area contributed by atoms with Crippen molar-refractivity contribution in [2.75, 3.05) is 5.43 Å². The molecule has 0 radical (unpaired) electrons. The van der Waals surface area contributed by atoms with Crippen LogP contribution >= 0.6 is 23.2 Å². The van der Waals surface area contributed by atoms with Crippen LogP contribution in [0.3, 0.4) is 0 Å². The van der Waals surface area contributed by atoms with Crippen LogP contribution in [0.1, 0.15) is 0 Å². The molecule has 0 aliphatic heterocycles. The van der Waals surface area contributed by atoms with E-state index < -0.39 is 0 Å². The molecule has 0 aliphatic carbocycles. The normalized spacial score (nSPS) is 9.50. The Labute approximate surface area is 68.9 Å². The van der Waals surface area contributed by atoms with Crippen LogP contribution in [0.2, 0.25) is 10.0 Å². The van der Waals surface area contributed by atoms with Gasteiger partial charge in [0.05, 0.1) is 10.0 Å². The maximum atomic E-state index is 5.76. The Bertz CT molecular complexity index is 237. The molecule has 54 valence electrons. The first-order valence-corrected chi connectivity index (χ1v) is 3.48. The van der Waals surface area contributed by atoms with Gasteiger partial charge in [-0.3, -0.25) is 5.84 Å². The molecule has 0 fully saturated rings. The predicted octanol–water partition coefficient (Wildman–Crippen LogP) is 1.56. The number of nitrogens with one attached hydrogen (secondary N) is 1. The minimum atomic E-state index is 0.513. The van der Waals surface area contributed by atoms with E-state index in [1.807, 2.05) is 6.07 Å². The van der Waals surface area contributed by atoms with Gasteiger partial charge in [0.1, 0.15) is 5.69 Å². The molecule has 0 spiro atoms. The molecule has 0 bridgehead atoms. The monoisotopic (exact) mass is 177 g/mol. The summed E-state index contributed by atoms with van der Waals surface area (Å²) < 4.78 is 0. The van der Waals surface area contributed by atoms with E-state index in [9.17, 15) is 0 Å². The van der Waals surface area contributed by atoms with Crippen LogP contribution in [0.5, 0.6) is 0 Å². The Balaban J connectivity index is 3.14. The summed E-state index contributed by atoms with van der Waals surface area (Å²) >= 11 is 11.5. The third-order valence-corrected chi connectivity index (χ3v) is 1.96. The standard InChI is InChI=1S/C6H6Cl2N2/c7-4-2-1-3-5(10-9)6(4)8/h1-3,10H,9H2/p+1. The van der Waals surface area contributed by atoms with Crippen LogP contribution in [-0.4, -0.2) is 0 Å². The third kappa shape index (κ3) is 1.34. The summed E-state index contributed by atoms with van der Waals surface area (Å²) in [6.45, 7) is 0. The van der Waals surface area contributed by atoms with E-state index in [1.165, 1.54) is 0 Å². The van der Waals surface area contributed by atoms with E-state index in [-0.39, 0.29) is 0 Å². The lowest BCUT2D eigenvalue weighted by Crippen LogP contribution is -2.56. The largest absolute Gasteiger partial charge is 0.258 e. The van der Waals surface area contributed by atoms with Crippen molar-refractivity contribution in [2.45, 2.75) is 0 Å². The van der Waals surface area contributed by atoms with Gasteiger partial charge < -0.3 is 0 Å². The minimum Gasteiger partial charge on any atom is -0.258 e. The van der Waals surface area contributed by atoms with Gasteiger partial charge in [-0.2, -0.15) is 0 Å². The quantitative estimate of drug-likeness (QED) is 0.629. The molecular weight excluding hydrogens is 171 g/mol. The number of quaternary nitrogens is 1. The van der Waals surface area contributed by atoms with E-state index in [1.54, 1.807) is 12.1 Å². The van der Waals surface area contributed by atoms with Crippen LogP contribution in [-0.2, 0) is 0 Å². The summed E-state index contributed by atoms with van der Waals surface area (Å²) in [6.07, 6.45) is 0. The van der Waals surface area contributed by atoms with Crippen LogP contribution in [0.15, 0.2) is 18.2 Å². The van der Waals surface area contributed by atoms with Crippen molar-refractivity contribution in [1.82, 2.24) is 0 Å². The molecule has 0 saturated carbocycles. The van der Waals surface area contributed by atoms with E-state index in [4.69, 9.17) is 23.2 Å². The molecule has 0 amide bonds. The maximum absolute atomic E-state index is 5.76. The zero-order valence-corrected chi connectivity index (χ0v) is 6.71. The van der Waals surface area contributed by atoms with Gasteiger partial charge in [-0.05, 0) is 12.1 Å². The Morgan fingerprint density at radius 3 is 2.50 bits per heavy atom. The summed E-state index contributed by atoms with van der Waals surface area (Å²) in [4.78, 5) is 0. The molecule has 0 aromatic heterocycles. The zero-order valence-electron chi connectivity index (χ0n) is 5.20. The third-order valence-electron chi connectivity index (χ3n) is 1.14. The second-order valence-electron chi connectivity index (χ2n) is 1.78. The Morgan fingerprint density at radius 1 is 1.30 bits per heavy atom. The van der Waals surface area contributed by atoms with Gasteiger partial charge in [-0.15, -0.1) is 0 Å². The molecule has 4 heteroatoms.